The number of hydrogen-bond donors (Lipinski definition) is 0. The summed E-state index contributed by atoms with van der Waals surface area (Å²) in [5.41, 5.74) is 3.73. The summed E-state index contributed by atoms with van der Waals surface area (Å²) in [6.07, 6.45) is 18.1. The highest BCUT2D eigenvalue weighted by molar-refractivity contribution is 6.10. The quantitative estimate of drug-likeness (QED) is 0.731. The van der Waals surface area contributed by atoms with Gasteiger partial charge in [-0.25, -0.2) is 0 Å². The normalized spacial score (nSPS) is 33.6. The first-order valence-electron chi connectivity index (χ1n) is 8.02. The van der Waals surface area contributed by atoms with Crippen LogP contribution < -0.4 is 0 Å². The Morgan fingerprint density at radius 2 is 1.30 bits per heavy atom. The van der Waals surface area contributed by atoms with Gasteiger partial charge in [-0.3, -0.25) is 4.79 Å². The third-order valence-corrected chi connectivity index (χ3v) is 4.57. The molecule has 0 aromatic carbocycles. The molecule has 3 nitrogen and oxygen atoms in total. The second-order valence-corrected chi connectivity index (χ2v) is 5.85. The fraction of sp³-hybridized carbons (Fsp3) is 0.350. The van der Waals surface area contributed by atoms with Crippen LogP contribution in [0, 0.1) is 0 Å². The molecule has 0 aliphatic heterocycles. The van der Waals surface area contributed by atoms with Crippen LogP contribution in [0.2, 0.25) is 0 Å². The van der Waals surface area contributed by atoms with E-state index < -0.39 is 0 Å². The van der Waals surface area contributed by atoms with Crippen LogP contribution in [0.25, 0.3) is 0 Å². The molecule has 3 aliphatic rings. The Hall–Kier alpha value is -1.97. The van der Waals surface area contributed by atoms with Crippen molar-refractivity contribution >= 4 is 5.78 Å². The molecule has 1 saturated carbocycles. The maximum atomic E-state index is 13.1. The van der Waals surface area contributed by atoms with Gasteiger partial charge >= 0.3 is 0 Å². The van der Waals surface area contributed by atoms with Gasteiger partial charge in [0.25, 0.3) is 0 Å². The molecule has 0 amide bonds. The highest BCUT2D eigenvalue weighted by Crippen LogP contribution is 2.34. The van der Waals surface area contributed by atoms with Crippen LogP contribution in [0.1, 0.15) is 19.3 Å². The van der Waals surface area contributed by atoms with Gasteiger partial charge in [0.15, 0.2) is 5.78 Å². The van der Waals surface area contributed by atoms with Gasteiger partial charge in [-0.1, -0.05) is 48.6 Å². The molecule has 2 atom stereocenters. The first kappa shape index (κ1) is 15.9. The summed E-state index contributed by atoms with van der Waals surface area (Å²) < 4.78 is 11.0. The second kappa shape index (κ2) is 7.07. The minimum absolute atomic E-state index is 0.136. The maximum Gasteiger partial charge on any atom is 0.185 e. The van der Waals surface area contributed by atoms with E-state index in [1.54, 1.807) is 14.2 Å². The van der Waals surface area contributed by atoms with Gasteiger partial charge < -0.3 is 9.47 Å². The molecule has 0 heterocycles. The van der Waals surface area contributed by atoms with Crippen LogP contribution >= 0.6 is 0 Å². The Balaban J connectivity index is 2.02. The van der Waals surface area contributed by atoms with Gasteiger partial charge in [0, 0.05) is 25.4 Å². The van der Waals surface area contributed by atoms with E-state index in [1.807, 2.05) is 48.6 Å². The van der Waals surface area contributed by atoms with Crippen LogP contribution in [-0.4, -0.2) is 32.2 Å². The lowest BCUT2D eigenvalue weighted by Crippen LogP contribution is -2.24. The van der Waals surface area contributed by atoms with Crippen molar-refractivity contribution in [2.75, 3.05) is 14.2 Å². The Morgan fingerprint density at radius 3 is 1.74 bits per heavy atom. The van der Waals surface area contributed by atoms with Crippen molar-refractivity contribution in [1.82, 2.24) is 0 Å². The molecule has 3 heteroatoms. The lowest BCUT2D eigenvalue weighted by Gasteiger charge is -2.26. The summed E-state index contributed by atoms with van der Waals surface area (Å²) in [7, 11) is 3.36. The number of ether oxygens (including phenoxy) is 2. The molecule has 0 saturated heterocycles. The molecule has 23 heavy (non-hydrogen) atoms. The summed E-state index contributed by atoms with van der Waals surface area (Å²) >= 11 is 0. The van der Waals surface area contributed by atoms with Crippen LogP contribution in [0.15, 0.2) is 70.9 Å². The van der Waals surface area contributed by atoms with Crippen molar-refractivity contribution in [3.8, 4) is 0 Å². The van der Waals surface area contributed by atoms with Crippen LogP contribution in [-0.2, 0) is 14.3 Å². The Kier molecular flexibility index (Phi) is 4.89. The molecule has 120 valence electrons. The predicted molar refractivity (Wildman–Crippen MR) is 91.1 cm³/mol. The molecule has 0 spiro atoms. The topological polar surface area (TPSA) is 35.5 Å². The number of carbonyl (C=O) groups is 1. The van der Waals surface area contributed by atoms with Gasteiger partial charge in [-0.15, -0.1) is 0 Å². The van der Waals surface area contributed by atoms with Crippen LogP contribution in [0.5, 0.6) is 0 Å². The average molecular weight is 310 g/mol. The van der Waals surface area contributed by atoms with Crippen molar-refractivity contribution in [3.05, 3.63) is 70.9 Å². The molecular weight excluding hydrogens is 288 g/mol. The van der Waals surface area contributed by atoms with E-state index in [0.29, 0.717) is 0 Å². The van der Waals surface area contributed by atoms with E-state index in [2.05, 4.69) is 0 Å². The summed E-state index contributed by atoms with van der Waals surface area (Å²) in [5.74, 6) is 0.144. The molecule has 3 aliphatic carbocycles. The third-order valence-electron chi connectivity index (χ3n) is 4.57. The maximum absolute atomic E-state index is 13.1. The largest absolute Gasteiger partial charge is 0.373 e. The standard InChI is InChI=1S/C20H22O3/c1-22-18-12-5-3-8-14(18)16-10-7-11-17(20(16)21)15-9-4-6-13-19(15)23-2/h3-6,8-9,12-13,18-19H,7,10-11H2,1-2H3. The minimum atomic E-state index is -0.136. The smallest absolute Gasteiger partial charge is 0.185 e. The molecule has 0 bridgehead atoms. The number of rotatable bonds is 2. The second-order valence-electron chi connectivity index (χ2n) is 5.85. The van der Waals surface area contributed by atoms with Gasteiger partial charge in [-0.2, -0.15) is 0 Å². The number of hydrogen-bond acceptors (Lipinski definition) is 3. The van der Waals surface area contributed by atoms with Crippen LogP contribution in [0.4, 0.5) is 0 Å². The third kappa shape index (κ3) is 3.07. The fourth-order valence-corrected chi connectivity index (χ4v) is 3.40. The molecule has 3 rings (SSSR count). The van der Waals surface area contributed by atoms with E-state index in [9.17, 15) is 4.79 Å². The zero-order valence-corrected chi connectivity index (χ0v) is 13.6. The number of carbonyl (C=O) groups excluding carboxylic acids is 1. The number of allylic oxidation sites excluding steroid dienone is 6. The van der Waals surface area contributed by atoms with Crippen molar-refractivity contribution in [2.24, 2.45) is 0 Å². The van der Waals surface area contributed by atoms with Crippen molar-refractivity contribution < 1.29 is 14.3 Å². The zero-order valence-electron chi connectivity index (χ0n) is 13.6. The summed E-state index contributed by atoms with van der Waals surface area (Å²) in [6.45, 7) is 0. The van der Waals surface area contributed by atoms with Crippen molar-refractivity contribution in [3.63, 3.8) is 0 Å². The van der Waals surface area contributed by atoms with Gasteiger partial charge in [0.2, 0.25) is 0 Å². The van der Waals surface area contributed by atoms with E-state index in [1.165, 1.54) is 0 Å². The van der Waals surface area contributed by atoms with Gasteiger partial charge in [-0.05, 0) is 30.4 Å². The Bertz CT molecular complexity index is 615. The predicted octanol–water partition coefficient (Wildman–Crippen LogP) is 3.61. The monoisotopic (exact) mass is 310 g/mol. The number of methoxy groups -OCH3 is 2. The summed E-state index contributed by atoms with van der Waals surface area (Å²) in [6, 6.07) is 0. The van der Waals surface area contributed by atoms with E-state index >= 15 is 0 Å². The first-order chi connectivity index (χ1) is 11.3. The molecular formula is C20H22O3. The Morgan fingerprint density at radius 1 is 0.826 bits per heavy atom. The number of ketones is 1. The highest BCUT2D eigenvalue weighted by atomic mass is 16.5. The lowest BCUT2D eigenvalue weighted by atomic mass is 9.80. The zero-order chi connectivity index (χ0) is 16.2. The SMILES string of the molecule is COC1C=CC=CC1=C1CCCC(=C2C=CC=CC2OC)C1=O. The highest BCUT2D eigenvalue weighted by Gasteiger charge is 2.29. The van der Waals surface area contributed by atoms with Crippen molar-refractivity contribution in [2.45, 2.75) is 31.5 Å². The fourth-order valence-electron chi connectivity index (χ4n) is 3.40. The van der Waals surface area contributed by atoms with Gasteiger partial charge in [0.1, 0.15) is 12.2 Å². The van der Waals surface area contributed by atoms with Gasteiger partial charge in [0.05, 0.1) is 0 Å². The summed E-state index contributed by atoms with van der Waals surface area (Å²) in [4.78, 5) is 13.1. The van der Waals surface area contributed by atoms with E-state index in [-0.39, 0.29) is 18.0 Å². The molecule has 1 fully saturated rings. The van der Waals surface area contributed by atoms with E-state index in [4.69, 9.17) is 9.47 Å². The van der Waals surface area contributed by atoms with Crippen LogP contribution in [0.3, 0.4) is 0 Å². The average Bonchev–Trinajstić information content (AvgIpc) is 2.62. The summed E-state index contributed by atoms with van der Waals surface area (Å²) in [5, 5.41) is 0. The van der Waals surface area contributed by atoms with Crippen molar-refractivity contribution in [1.29, 1.82) is 0 Å². The Labute approximate surface area is 137 Å². The lowest BCUT2D eigenvalue weighted by molar-refractivity contribution is -0.113. The molecule has 0 radical (unpaired) electrons. The molecule has 0 aromatic heterocycles. The molecule has 0 N–H and O–H groups in total. The number of Topliss-reactive ketones (excluding diaryl/α,β-unsaturated/α-hetero) is 1. The molecule has 0 aromatic rings. The minimum Gasteiger partial charge on any atom is -0.373 e. The molecule has 2 unspecified atom stereocenters. The van der Waals surface area contributed by atoms with E-state index in [0.717, 1.165) is 41.6 Å². The first-order valence-corrected chi connectivity index (χ1v) is 8.02.